The number of carbonyl (C=O) groups is 1. The van der Waals surface area contributed by atoms with Crippen molar-refractivity contribution in [1.82, 2.24) is 4.90 Å². The fourth-order valence-corrected chi connectivity index (χ4v) is 4.39. The molecule has 1 fully saturated rings. The van der Waals surface area contributed by atoms with Crippen molar-refractivity contribution in [2.75, 3.05) is 6.54 Å². The lowest BCUT2D eigenvalue weighted by Gasteiger charge is -2.30. The summed E-state index contributed by atoms with van der Waals surface area (Å²) in [7, 11) is 0. The molecule has 1 unspecified atom stereocenters. The molecule has 1 aliphatic rings. The van der Waals surface area contributed by atoms with Crippen molar-refractivity contribution >= 4 is 6.09 Å². The van der Waals surface area contributed by atoms with Gasteiger partial charge < -0.3 is 14.9 Å². The number of halogens is 7. The van der Waals surface area contributed by atoms with Crippen molar-refractivity contribution < 1.29 is 50.5 Å². The number of aliphatic hydroxyl groups is 1. The van der Waals surface area contributed by atoms with Crippen LogP contribution in [0.1, 0.15) is 48.1 Å². The normalized spacial score (nSPS) is 22.8. The van der Waals surface area contributed by atoms with Gasteiger partial charge in [0.05, 0.1) is 42.0 Å². The topological polar surface area (TPSA) is 70.0 Å². The van der Waals surface area contributed by atoms with Crippen LogP contribution in [0.15, 0.2) is 42.5 Å². The number of rotatable bonds is 5. The molecule has 1 heterocycles. The van der Waals surface area contributed by atoms with E-state index in [0.717, 1.165) is 17.0 Å². The van der Waals surface area contributed by atoms with E-state index in [4.69, 9.17) is 4.74 Å². The summed E-state index contributed by atoms with van der Waals surface area (Å²) < 4.78 is 98.9. The third-order valence-electron chi connectivity index (χ3n) is 5.96. The van der Waals surface area contributed by atoms with Gasteiger partial charge in [-0.15, -0.1) is 0 Å². The van der Waals surface area contributed by atoms with Gasteiger partial charge in [0.25, 0.3) is 0 Å². The predicted molar refractivity (Wildman–Crippen MR) is 109 cm³/mol. The van der Waals surface area contributed by atoms with Crippen molar-refractivity contribution in [1.29, 1.82) is 0 Å². The number of benzene rings is 2. The van der Waals surface area contributed by atoms with Crippen molar-refractivity contribution in [2.45, 2.75) is 56.5 Å². The van der Waals surface area contributed by atoms with Gasteiger partial charge in [0, 0.05) is 5.92 Å². The fourth-order valence-electron chi connectivity index (χ4n) is 4.39. The van der Waals surface area contributed by atoms with E-state index in [1.165, 1.54) is 26.0 Å². The molecule has 5 atom stereocenters. The van der Waals surface area contributed by atoms with E-state index in [1.807, 2.05) is 0 Å². The average molecular weight is 509 g/mol. The Labute approximate surface area is 195 Å². The van der Waals surface area contributed by atoms with Crippen molar-refractivity contribution in [3.05, 3.63) is 70.5 Å². The molecule has 1 aliphatic heterocycles. The number of hydrogen-bond donors (Lipinski definition) is 2. The lowest BCUT2D eigenvalue weighted by molar-refractivity contribution is -0.143. The minimum atomic E-state index is -5.04. The zero-order valence-electron chi connectivity index (χ0n) is 18.4. The second-order valence-electron chi connectivity index (χ2n) is 8.40. The molecular weight excluding hydrogens is 487 g/mol. The second kappa shape index (κ2) is 9.65. The van der Waals surface area contributed by atoms with Crippen LogP contribution < -0.4 is 0 Å². The highest BCUT2D eigenvalue weighted by Gasteiger charge is 2.48. The molecule has 3 rings (SSSR count). The van der Waals surface area contributed by atoms with Crippen LogP contribution in [0, 0.1) is 5.82 Å². The van der Waals surface area contributed by atoms with E-state index in [9.17, 15) is 45.7 Å². The fraction of sp³-hybridized carbons (Fsp3) is 0.435. The summed E-state index contributed by atoms with van der Waals surface area (Å²) in [6.07, 6.45) is -15.1. The van der Waals surface area contributed by atoms with Crippen LogP contribution in [0.4, 0.5) is 35.5 Å². The number of amides is 1. The maximum absolute atomic E-state index is 13.5. The number of aliphatic hydroxyl groups excluding tert-OH is 1. The van der Waals surface area contributed by atoms with Crippen LogP contribution in [0.25, 0.3) is 0 Å². The SMILES string of the molecule is CC(O)[C@H]1[C@H](c2ccc(F)cc2)[C@@H](O[C@H](C)c2cc(C(F)(F)F)cc(C(F)(F)F)c2)CN1C(=O)O. The molecule has 2 aromatic carbocycles. The Morgan fingerprint density at radius 1 is 1.00 bits per heavy atom. The first-order chi connectivity index (χ1) is 16.1. The van der Waals surface area contributed by atoms with E-state index in [2.05, 4.69) is 0 Å². The van der Waals surface area contributed by atoms with Crippen molar-refractivity contribution in [2.24, 2.45) is 0 Å². The molecule has 0 bridgehead atoms. The Balaban J connectivity index is 2.02. The van der Waals surface area contributed by atoms with Gasteiger partial charge in [-0.05, 0) is 55.3 Å². The number of alkyl halides is 6. The third kappa shape index (κ3) is 5.87. The maximum Gasteiger partial charge on any atom is 0.416 e. The van der Waals surface area contributed by atoms with Gasteiger partial charge >= 0.3 is 18.4 Å². The monoisotopic (exact) mass is 509 g/mol. The molecule has 0 aromatic heterocycles. The molecule has 0 spiro atoms. The Kier molecular flexibility index (Phi) is 7.37. The quantitative estimate of drug-likeness (QED) is 0.498. The number of nitrogens with zero attached hydrogens (tertiary/aromatic N) is 1. The molecule has 5 nitrogen and oxygen atoms in total. The molecule has 35 heavy (non-hydrogen) atoms. The summed E-state index contributed by atoms with van der Waals surface area (Å²) in [5, 5.41) is 19.9. The third-order valence-corrected chi connectivity index (χ3v) is 5.96. The molecule has 1 amide bonds. The van der Waals surface area contributed by atoms with Gasteiger partial charge in [-0.1, -0.05) is 12.1 Å². The van der Waals surface area contributed by atoms with E-state index < -0.39 is 71.2 Å². The lowest BCUT2D eigenvalue weighted by atomic mass is 9.87. The summed E-state index contributed by atoms with van der Waals surface area (Å²) in [6.45, 7) is 2.27. The number of ether oxygens (including phenoxy) is 1. The second-order valence-corrected chi connectivity index (χ2v) is 8.40. The van der Waals surface area contributed by atoms with Crippen LogP contribution in [0.5, 0.6) is 0 Å². The molecule has 1 saturated heterocycles. The van der Waals surface area contributed by atoms with Gasteiger partial charge in [-0.3, -0.25) is 4.90 Å². The lowest BCUT2D eigenvalue weighted by Crippen LogP contribution is -2.43. The molecule has 0 aliphatic carbocycles. The Morgan fingerprint density at radius 2 is 1.51 bits per heavy atom. The Hall–Kier alpha value is -2.86. The van der Waals surface area contributed by atoms with Gasteiger partial charge in [-0.25, -0.2) is 9.18 Å². The Bertz CT molecular complexity index is 1020. The smallest absolute Gasteiger partial charge is 0.416 e. The predicted octanol–water partition coefficient (Wildman–Crippen LogP) is 5.84. The van der Waals surface area contributed by atoms with Crippen molar-refractivity contribution in [3.8, 4) is 0 Å². The maximum atomic E-state index is 13.5. The largest absolute Gasteiger partial charge is 0.465 e. The standard InChI is InChI=1S/C23H22F7NO4/c1-11(32)20-19(13-3-5-17(24)6-4-13)18(10-31(20)21(33)34)35-12(2)14-7-15(22(25,26)27)9-16(8-14)23(28,29)30/h3-9,11-12,18-20,32H,10H2,1-2H3,(H,33,34)/t11?,12-,18+,19-,20+/m1/s1. The molecule has 0 saturated carbocycles. The van der Waals surface area contributed by atoms with E-state index >= 15 is 0 Å². The summed E-state index contributed by atoms with van der Waals surface area (Å²) in [6, 6.07) is 4.97. The molecule has 0 radical (unpaired) electrons. The highest BCUT2D eigenvalue weighted by Crippen LogP contribution is 2.42. The highest BCUT2D eigenvalue weighted by atomic mass is 19.4. The van der Waals surface area contributed by atoms with Gasteiger partial charge in [-0.2, -0.15) is 26.3 Å². The van der Waals surface area contributed by atoms with Crippen LogP contribution in [-0.4, -0.2) is 46.0 Å². The number of hydrogen-bond acceptors (Lipinski definition) is 3. The van der Waals surface area contributed by atoms with E-state index in [-0.39, 0.29) is 12.6 Å². The zero-order chi connectivity index (χ0) is 26.3. The Morgan fingerprint density at radius 3 is 1.94 bits per heavy atom. The minimum absolute atomic E-state index is 0.00272. The minimum Gasteiger partial charge on any atom is -0.465 e. The molecule has 12 heteroatoms. The van der Waals surface area contributed by atoms with E-state index in [0.29, 0.717) is 17.7 Å². The molecule has 2 aromatic rings. The first kappa shape index (κ1) is 26.7. The number of likely N-dealkylation sites (tertiary alicyclic amines) is 1. The molecule has 192 valence electrons. The van der Waals surface area contributed by atoms with Gasteiger partial charge in [0.15, 0.2) is 0 Å². The number of carboxylic acid groups (broad SMARTS) is 1. The van der Waals surface area contributed by atoms with Crippen LogP contribution in [0.3, 0.4) is 0 Å². The molecule has 2 N–H and O–H groups in total. The average Bonchev–Trinajstić information content (AvgIpc) is 3.12. The van der Waals surface area contributed by atoms with Gasteiger partial charge in [0.2, 0.25) is 0 Å². The molecular formula is C23H22F7NO4. The van der Waals surface area contributed by atoms with Crippen LogP contribution in [0.2, 0.25) is 0 Å². The first-order valence-electron chi connectivity index (χ1n) is 10.5. The highest BCUT2D eigenvalue weighted by molar-refractivity contribution is 5.66. The summed E-state index contributed by atoms with van der Waals surface area (Å²) in [5.41, 5.74) is -3.03. The zero-order valence-corrected chi connectivity index (χ0v) is 18.4. The van der Waals surface area contributed by atoms with Crippen molar-refractivity contribution in [3.63, 3.8) is 0 Å². The van der Waals surface area contributed by atoms with E-state index in [1.54, 1.807) is 0 Å². The first-order valence-corrected chi connectivity index (χ1v) is 10.5. The summed E-state index contributed by atoms with van der Waals surface area (Å²) in [5.74, 6) is -1.45. The van der Waals surface area contributed by atoms with Crippen LogP contribution in [-0.2, 0) is 17.1 Å². The van der Waals surface area contributed by atoms with Crippen LogP contribution >= 0.6 is 0 Å². The van der Waals surface area contributed by atoms with Gasteiger partial charge in [0.1, 0.15) is 5.82 Å². The summed E-state index contributed by atoms with van der Waals surface area (Å²) in [4.78, 5) is 12.7. The summed E-state index contributed by atoms with van der Waals surface area (Å²) >= 11 is 0.